The van der Waals surface area contributed by atoms with Gasteiger partial charge in [0.1, 0.15) is 16.5 Å². The minimum atomic E-state index is -0.311. The summed E-state index contributed by atoms with van der Waals surface area (Å²) in [5.41, 5.74) is 3.57. The molecule has 1 amide bonds. The van der Waals surface area contributed by atoms with E-state index in [0.29, 0.717) is 18.8 Å². The summed E-state index contributed by atoms with van der Waals surface area (Å²) in [4.78, 5) is 22.7. The number of thiazole rings is 1. The van der Waals surface area contributed by atoms with Gasteiger partial charge in [-0.15, -0.1) is 11.3 Å². The smallest absolute Gasteiger partial charge is 0.271 e. The molecule has 0 radical (unpaired) electrons. The average molecular weight is 465 g/mol. The Kier molecular flexibility index (Phi) is 6.91. The second-order valence-corrected chi connectivity index (χ2v) is 10.2. The number of hydrogen-bond donors (Lipinski definition) is 2. The van der Waals surface area contributed by atoms with Crippen LogP contribution >= 0.6 is 11.3 Å². The Morgan fingerprint density at radius 3 is 2.64 bits per heavy atom. The Morgan fingerprint density at radius 2 is 1.88 bits per heavy atom. The van der Waals surface area contributed by atoms with E-state index >= 15 is 0 Å². The zero-order chi connectivity index (χ0) is 23.4. The molecule has 2 aromatic heterocycles. The maximum atomic E-state index is 13.4. The number of aromatic nitrogens is 2. The minimum Gasteiger partial charge on any atom is -0.361 e. The number of para-hydroxylation sites is 1. The van der Waals surface area contributed by atoms with E-state index in [1.807, 2.05) is 44.4 Å². The van der Waals surface area contributed by atoms with Crippen LogP contribution < -0.4 is 5.32 Å². The molecule has 7 heteroatoms. The van der Waals surface area contributed by atoms with Crippen molar-refractivity contribution < 1.29 is 9.18 Å². The van der Waals surface area contributed by atoms with E-state index in [1.165, 1.54) is 34.4 Å². The number of aromatic amines is 1. The highest BCUT2D eigenvalue weighted by molar-refractivity contribution is 7.09. The van der Waals surface area contributed by atoms with Crippen LogP contribution in [0.3, 0.4) is 0 Å². The zero-order valence-electron chi connectivity index (χ0n) is 19.2. The number of nitrogens with one attached hydrogen (secondary N) is 2. The summed E-state index contributed by atoms with van der Waals surface area (Å²) in [5.74, 6) is -0.396. The molecule has 2 N–H and O–H groups in total. The number of carbonyl (C=O) groups is 1. The normalized spacial score (nSPS) is 11.9. The van der Waals surface area contributed by atoms with Crippen LogP contribution in [0.4, 0.5) is 4.39 Å². The van der Waals surface area contributed by atoms with E-state index in [2.05, 4.69) is 44.6 Å². The van der Waals surface area contributed by atoms with E-state index < -0.39 is 0 Å². The van der Waals surface area contributed by atoms with Gasteiger partial charge in [0.2, 0.25) is 0 Å². The molecule has 0 fully saturated rings. The van der Waals surface area contributed by atoms with Crippen LogP contribution in [-0.2, 0) is 19.5 Å². The van der Waals surface area contributed by atoms with Crippen LogP contribution in [0.2, 0.25) is 0 Å². The fourth-order valence-corrected chi connectivity index (χ4v) is 4.58. The molecule has 33 heavy (non-hydrogen) atoms. The van der Waals surface area contributed by atoms with E-state index in [1.54, 1.807) is 0 Å². The number of halogens is 1. The number of carbonyl (C=O) groups excluding carboxylic acids is 1. The first kappa shape index (κ1) is 23.1. The molecule has 0 aliphatic carbocycles. The lowest BCUT2D eigenvalue weighted by Gasteiger charge is -2.21. The van der Waals surface area contributed by atoms with Crippen LogP contribution in [0.1, 0.15) is 47.4 Å². The Balaban J connectivity index is 1.49. The number of amides is 1. The monoisotopic (exact) mass is 464 g/mol. The van der Waals surface area contributed by atoms with Crippen molar-refractivity contribution in [2.75, 3.05) is 6.54 Å². The van der Waals surface area contributed by atoms with Crippen molar-refractivity contribution in [3.8, 4) is 0 Å². The summed E-state index contributed by atoms with van der Waals surface area (Å²) < 4.78 is 13.4. The first-order valence-corrected chi connectivity index (χ1v) is 11.9. The molecule has 4 aromatic rings. The number of rotatable bonds is 8. The molecule has 0 atom stereocenters. The van der Waals surface area contributed by atoms with E-state index in [9.17, 15) is 9.18 Å². The van der Waals surface area contributed by atoms with Crippen molar-refractivity contribution in [3.63, 3.8) is 0 Å². The summed E-state index contributed by atoms with van der Waals surface area (Å²) in [5, 5.41) is 6.89. The third-order valence-electron chi connectivity index (χ3n) is 5.32. The second-order valence-electron chi connectivity index (χ2n) is 9.28. The highest BCUT2D eigenvalue weighted by Crippen LogP contribution is 2.20. The van der Waals surface area contributed by atoms with Gasteiger partial charge in [0.15, 0.2) is 0 Å². The predicted octanol–water partition coefficient (Wildman–Crippen LogP) is 5.54. The quantitative estimate of drug-likeness (QED) is 0.360. The zero-order valence-corrected chi connectivity index (χ0v) is 20.0. The van der Waals surface area contributed by atoms with Gasteiger partial charge in [0.05, 0.1) is 6.54 Å². The molecule has 0 aliphatic heterocycles. The summed E-state index contributed by atoms with van der Waals surface area (Å²) in [6.45, 7) is 7.95. The molecule has 2 heterocycles. The lowest BCUT2D eigenvalue weighted by Crippen LogP contribution is -2.40. The molecular weight excluding hydrogens is 435 g/mol. The van der Waals surface area contributed by atoms with Crippen LogP contribution in [-0.4, -0.2) is 32.9 Å². The van der Waals surface area contributed by atoms with Gasteiger partial charge in [-0.05, 0) is 56.5 Å². The molecule has 172 valence electrons. The molecule has 0 saturated carbocycles. The molecule has 0 aliphatic rings. The Morgan fingerprint density at radius 1 is 1.12 bits per heavy atom. The SMILES string of the molecule is CC(C)(C)NC(=O)c1csc(CN(CCc2c[nH]c3ccccc23)Cc2ccc(F)cc2)n1. The number of hydrogen-bond acceptors (Lipinski definition) is 4. The summed E-state index contributed by atoms with van der Waals surface area (Å²) >= 11 is 1.49. The van der Waals surface area contributed by atoms with Gasteiger partial charge in [0, 0.05) is 41.1 Å². The summed E-state index contributed by atoms with van der Waals surface area (Å²) in [7, 11) is 0. The molecule has 0 bridgehead atoms. The number of benzene rings is 2. The van der Waals surface area contributed by atoms with Gasteiger partial charge in [-0.1, -0.05) is 30.3 Å². The maximum absolute atomic E-state index is 13.4. The predicted molar refractivity (Wildman–Crippen MR) is 132 cm³/mol. The molecule has 0 unspecified atom stereocenters. The highest BCUT2D eigenvalue weighted by Gasteiger charge is 2.19. The molecule has 5 nitrogen and oxygen atoms in total. The molecule has 4 rings (SSSR count). The Labute approximate surface area is 197 Å². The highest BCUT2D eigenvalue weighted by atomic mass is 32.1. The van der Waals surface area contributed by atoms with Crippen molar-refractivity contribution in [2.45, 2.75) is 45.8 Å². The lowest BCUT2D eigenvalue weighted by atomic mass is 10.1. The van der Waals surface area contributed by atoms with Gasteiger partial charge in [-0.2, -0.15) is 0 Å². The Bertz CT molecular complexity index is 1220. The first-order chi connectivity index (χ1) is 15.8. The van der Waals surface area contributed by atoms with E-state index in [-0.39, 0.29) is 17.3 Å². The summed E-state index contributed by atoms with van der Waals surface area (Å²) in [6.07, 6.45) is 2.94. The minimum absolute atomic E-state index is 0.158. The summed E-state index contributed by atoms with van der Waals surface area (Å²) in [6, 6.07) is 14.9. The molecular formula is C26H29FN4OS. The van der Waals surface area contributed by atoms with Crippen LogP contribution in [0.25, 0.3) is 10.9 Å². The topological polar surface area (TPSA) is 61.0 Å². The largest absolute Gasteiger partial charge is 0.361 e. The van der Waals surface area contributed by atoms with Crippen molar-refractivity contribution >= 4 is 28.1 Å². The van der Waals surface area contributed by atoms with Gasteiger partial charge in [0.25, 0.3) is 5.91 Å². The molecule has 0 spiro atoms. The van der Waals surface area contributed by atoms with Crippen molar-refractivity contribution in [3.05, 3.63) is 87.8 Å². The standard InChI is InChI=1S/C26H29FN4OS/c1-26(2,3)30-25(32)23-17-33-24(29-23)16-31(15-18-8-10-20(27)11-9-18)13-12-19-14-28-22-7-5-4-6-21(19)22/h4-11,14,17,28H,12-13,15-16H2,1-3H3,(H,30,32). The average Bonchev–Trinajstić information content (AvgIpc) is 3.40. The van der Waals surface area contributed by atoms with Crippen LogP contribution in [0, 0.1) is 5.82 Å². The van der Waals surface area contributed by atoms with E-state index in [0.717, 1.165) is 29.1 Å². The number of nitrogens with zero attached hydrogens (tertiary/aromatic N) is 2. The third-order valence-corrected chi connectivity index (χ3v) is 6.16. The van der Waals surface area contributed by atoms with Crippen LogP contribution in [0.15, 0.2) is 60.1 Å². The third kappa shape index (κ3) is 6.27. The second kappa shape index (κ2) is 9.85. The molecule has 2 aromatic carbocycles. The van der Waals surface area contributed by atoms with Crippen molar-refractivity contribution in [1.29, 1.82) is 0 Å². The maximum Gasteiger partial charge on any atom is 0.271 e. The molecule has 0 saturated heterocycles. The van der Waals surface area contributed by atoms with Crippen molar-refractivity contribution in [1.82, 2.24) is 20.2 Å². The van der Waals surface area contributed by atoms with E-state index in [4.69, 9.17) is 0 Å². The lowest BCUT2D eigenvalue weighted by molar-refractivity contribution is 0.0914. The first-order valence-electron chi connectivity index (χ1n) is 11.1. The fourth-order valence-electron chi connectivity index (χ4n) is 3.76. The fraction of sp³-hybridized carbons (Fsp3) is 0.308. The number of fused-ring (bicyclic) bond motifs is 1. The van der Waals surface area contributed by atoms with Gasteiger partial charge < -0.3 is 10.3 Å². The number of H-pyrrole nitrogens is 1. The van der Waals surface area contributed by atoms with Crippen molar-refractivity contribution in [2.24, 2.45) is 0 Å². The Hall–Kier alpha value is -3.03. The van der Waals surface area contributed by atoms with Gasteiger partial charge >= 0.3 is 0 Å². The van der Waals surface area contributed by atoms with Crippen LogP contribution in [0.5, 0.6) is 0 Å². The van der Waals surface area contributed by atoms with Gasteiger partial charge in [-0.3, -0.25) is 9.69 Å². The van der Waals surface area contributed by atoms with Gasteiger partial charge in [-0.25, -0.2) is 9.37 Å².